The number of thioether (sulfide) groups is 1. The number of methoxy groups -OCH3 is 1. The number of halogens is 1. The second-order valence-corrected chi connectivity index (χ2v) is 9.40. The highest BCUT2D eigenvalue weighted by Gasteiger charge is 2.47. The molecule has 3 aromatic rings. The van der Waals surface area contributed by atoms with E-state index in [-0.39, 0.29) is 0 Å². The van der Waals surface area contributed by atoms with Gasteiger partial charge in [0.1, 0.15) is 47.2 Å². The van der Waals surface area contributed by atoms with Crippen molar-refractivity contribution in [3.05, 3.63) is 40.4 Å². The van der Waals surface area contributed by atoms with Gasteiger partial charge in [0.05, 0.1) is 23.4 Å². The lowest BCUT2D eigenvalue weighted by Crippen LogP contribution is -2.55. The summed E-state index contributed by atoms with van der Waals surface area (Å²) < 4.78 is 13.1. The Balaban J connectivity index is 1.64. The van der Waals surface area contributed by atoms with E-state index in [9.17, 15) is 10.2 Å². The molecule has 5 atom stereocenters. The van der Waals surface area contributed by atoms with Gasteiger partial charge in [-0.25, -0.2) is 9.67 Å². The van der Waals surface area contributed by atoms with Crippen LogP contribution in [0.25, 0.3) is 11.4 Å². The molecule has 1 aliphatic rings. The molecule has 0 amide bonds. The van der Waals surface area contributed by atoms with Crippen molar-refractivity contribution in [1.82, 2.24) is 20.0 Å². The largest absolute Gasteiger partial charge is 0.394 e. The summed E-state index contributed by atoms with van der Waals surface area (Å²) in [5, 5.41) is 40.6. The summed E-state index contributed by atoms with van der Waals surface area (Å²) in [5.74, 6) is 0. The lowest BCUT2D eigenvalue weighted by molar-refractivity contribution is -0.186. The maximum absolute atomic E-state index is 10.9. The zero-order valence-corrected chi connectivity index (χ0v) is 19.1. The Morgan fingerprint density at radius 1 is 1.44 bits per heavy atom. The maximum atomic E-state index is 10.9. The highest BCUT2D eigenvalue weighted by molar-refractivity contribution is 7.99. The van der Waals surface area contributed by atoms with E-state index in [0.717, 1.165) is 4.90 Å². The molecular formula is C19H19ClN6O4S2. The number of aliphatic hydroxyl groups is 2. The van der Waals surface area contributed by atoms with Crippen LogP contribution in [0, 0.1) is 11.3 Å². The van der Waals surface area contributed by atoms with Crippen molar-refractivity contribution in [2.75, 3.05) is 19.5 Å². The first-order valence-electron chi connectivity index (χ1n) is 9.41. The van der Waals surface area contributed by atoms with Gasteiger partial charge in [-0.15, -0.1) is 16.4 Å². The number of nitrogens with zero attached hydrogens (tertiary/aromatic N) is 5. The van der Waals surface area contributed by atoms with Crippen LogP contribution in [-0.4, -0.2) is 67.7 Å². The zero-order valence-electron chi connectivity index (χ0n) is 16.7. The van der Waals surface area contributed by atoms with Crippen LogP contribution >= 0.6 is 34.7 Å². The van der Waals surface area contributed by atoms with Crippen LogP contribution in [0.2, 0.25) is 5.02 Å². The zero-order chi connectivity index (χ0) is 22.8. The molecule has 13 heteroatoms. The van der Waals surface area contributed by atoms with Gasteiger partial charge in [0.15, 0.2) is 5.13 Å². The van der Waals surface area contributed by atoms with Crippen molar-refractivity contribution in [3.8, 4) is 17.5 Å². The number of hydrogen-bond donors (Lipinski definition) is 3. The van der Waals surface area contributed by atoms with Crippen LogP contribution in [0.1, 0.15) is 11.6 Å². The van der Waals surface area contributed by atoms with E-state index in [1.807, 2.05) is 6.07 Å². The number of ether oxygens (including phenoxy) is 2. The molecule has 4 rings (SSSR count). The number of anilines is 1. The van der Waals surface area contributed by atoms with Crippen LogP contribution in [0.3, 0.4) is 0 Å². The van der Waals surface area contributed by atoms with Gasteiger partial charge in [-0.2, -0.15) is 5.26 Å². The number of benzene rings is 1. The van der Waals surface area contributed by atoms with E-state index in [1.54, 1.807) is 29.8 Å². The average Bonchev–Trinajstić information content (AvgIpc) is 3.43. The minimum Gasteiger partial charge on any atom is -0.394 e. The predicted octanol–water partition coefficient (Wildman–Crippen LogP) is 1.94. The quantitative estimate of drug-likeness (QED) is 0.463. The van der Waals surface area contributed by atoms with E-state index >= 15 is 0 Å². The molecule has 0 aliphatic carbocycles. The fraction of sp³-hybridized carbons (Fsp3) is 0.368. The van der Waals surface area contributed by atoms with E-state index in [2.05, 4.69) is 15.3 Å². The van der Waals surface area contributed by atoms with Gasteiger partial charge >= 0.3 is 0 Å². The Morgan fingerprint density at radius 3 is 2.88 bits per heavy atom. The van der Waals surface area contributed by atoms with Crippen molar-refractivity contribution >= 4 is 39.8 Å². The fourth-order valence-corrected chi connectivity index (χ4v) is 5.50. The van der Waals surface area contributed by atoms with Gasteiger partial charge < -0.3 is 25.4 Å². The molecular weight excluding hydrogens is 476 g/mol. The second-order valence-electron chi connectivity index (χ2n) is 6.93. The summed E-state index contributed by atoms with van der Waals surface area (Å²) >= 11 is 8.75. The molecule has 0 spiro atoms. The summed E-state index contributed by atoms with van der Waals surface area (Å²) in [7, 11) is 1.51. The molecule has 1 fully saturated rings. The molecule has 10 nitrogen and oxygen atoms in total. The Morgan fingerprint density at radius 2 is 2.25 bits per heavy atom. The first-order valence-corrected chi connectivity index (χ1v) is 11.6. The van der Waals surface area contributed by atoms with Crippen molar-refractivity contribution in [1.29, 1.82) is 5.26 Å². The normalized spacial score (nSPS) is 25.5. The average molecular weight is 495 g/mol. The Labute approximate surface area is 196 Å². The van der Waals surface area contributed by atoms with Crippen LogP contribution < -0.4 is 5.73 Å². The summed E-state index contributed by atoms with van der Waals surface area (Å²) in [6, 6.07) is 6.35. The van der Waals surface area contributed by atoms with Crippen molar-refractivity contribution in [2.24, 2.45) is 0 Å². The Bertz CT molecular complexity index is 1140. The number of aliphatic hydroxyl groups excluding tert-OH is 2. The number of nitrogens with two attached hydrogens (primary N) is 1. The van der Waals surface area contributed by atoms with E-state index < -0.39 is 36.4 Å². The van der Waals surface area contributed by atoms with Gasteiger partial charge in [-0.3, -0.25) is 0 Å². The van der Waals surface area contributed by atoms with Gasteiger partial charge in [-0.1, -0.05) is 28.6 Å². The SMILES string of the molecule is COC1C(Sc2ccc(C#N)c(Cl)c2)OC(CO)C(O)C1n1cc(-c2csc(N)n2)nn1. The molecule has 1 saturated heterocycles. The minimum absolute atomic E-state index is 0.320. The Hall–Kier alpha value is -2.24. The smallest absolute Gasteiger partial charge is 0.180 e. The van der Waals surface area contributed by atoms with Crippen LogP contribution in [0.15, 0.2) is 34.7 Å². The summed E-state index contributed by atoms with van der Waals surface area (Å²) in [6.45, 7) is -0.399. The molecule has 3 heterocycles. The van der Waals surface area contributed by atoms with Gasteiger partial charge in [-0.05, 0) is 18.2 Å². The van der Waals surface area contributed by atoms with Crippen LogP contribution in [0.5, 0.6) is 0 Å². The molecule has 168 valence electrons. The molecule has 0 bridgehead atoms. The van der Waals surface area contributed by atoms with Crippen molar-refractivity contribution in [2.45, 2.75) is 34.7 Å². The predicted molar refractivity (Wildman–Crippen MR) is 119 cm³/mol. The third-order valence-electron chi connectivity index (χ3n) is 5.01. The van der Waals surface area contributed by atoms with Crippen LogP contribution in [0.4, 0.5) is 5.13 Å². The molecule has 1 aliphatic heterocycles. The third kappa shape index (κ3) is 4.46. The molecule has 1 aromatic carbocycles. The fourth-order valence-electron chi connectivity index (χ4n) is 3.45. The van der Waals surface area contributed by atoms with Gasteiger partial charge in [0, 0.05) is 17.4 Å². The number of aromatic nitrogens is 4. The maximum Gasteiger partial charge on any atom is 0.180 e. The minimum atomic E-state index is -1.11. The van der Waals surface area contributed by atoms with E-state index in [4.69, 9.17) is 32.1 Å². The lowest BCUT2D eigenvalue weighted by atomic mass is 9.97. The lowest BCUT2D eigenvalue weighted by Gasteiger charge is -2.43. The number of nitriles is 1. The number of thiazole rings is 1. The molecule has 0 radical (unpaired) electrons. The standard InChI is InChI=1S/C19H19ClN6O4S2/c1-29-17-15(26-6-12(24-25-26)13-8-31-19(22)23-13)16(28)14(7-27)30-18(17)32-10-3-2-9(5-21)11(20)4-10/h2-4,6,8,14-18,27-28H,7H2,1H3,(H2,22,23). The number of nitrogen functional groups attached to an aromatic ring is 1. The number of rotatable bonds is 6. The molecule has 2 aromatic heterocycles. The molecule has 5 unspecified atom stereocenters. The highest BCUT2D eigenvalue weighted by Crippen LogP contribution is 2.40. The van der Waals surface area contributed by atoms with Gasteiger partial charge in [0.2, 0.25) is 0 Å². The monoisotopic (exact) mass is 494 g/mol. The van der Waals surface area contributed by atoms with Crippen LogP contribution in [-0.2, 0) is 9.47 Å². The highest BCUT2D eigenvalue weighted by atomic mass is 35.5. The van der Waals surface area contributed by atoms with Crippen molar-refractivity contribution < 1.29 is 19.7 Å². The molecule has 0 saturated carbocycles. The second kappa shape index (κ2) is 9.72. The Kier molecular flexibility index (Phi) is 6.96. The first-order chi connectivity index (χ1) is 15.4. The summed E-state index contributed by atoms with van der Waals surface area (Å²) in [5.41, 5.74) is 6.53. The third-order valence-corrected chi connectivity index (χ3v) is 7.13. The number of hydrogen-bond acceptors (Lipinski definition) is 11. The summed E-state index contributed by atoms with van der Waals surface area (Å²) in [6.07, 6.45) is -0.988. The first kappa shape index (κ1) is 22.9. The van der Waals surface area contributed by atoms with Crippen molar-refractivity contribution in [3.63, 3.8) is 0 Å². The van der Waals surface area contributed by atoms with E-state index in [1.165, 1.54) is 34.9 Å². The van der Waals surface area contributed by atoms with Gasteiger partial charge in [0.25, 0.3) is 0 Å². The molecule has 32 heavy (non-hydrogen) atoms. The molecule has 4 N–H and O–H groups in total. The topological polar surface area (TPSA) is 152 Å². The van der Waals surface area contributed by atoms with E-state index in [0.29, 0.717) is 27.1 Å². The summed E-state index contributed by atoms with van der Waals surface area (Å²) in [4.78, 5) is 4.95.